The molecule has 0 radical (unpaired) electrons. The Labute approximate surface area is 55.6 Å². The number of ether oxygens (including phenoxy) is 1. The first-order valence-corrected chi connectivity index (χ1v) is 2.86. The Morgan fingerprint density at radius 2 is 2.10 bits per heavy atom. The van der Waals surface area contributed by atoms with Crippen LogP contribution < -0.4 is 0 Å². The predicted molar refractivity (Wildman–Crippen MR) is 26.4 cm³/mol. The molecule has 1 aliphatic rings. The Balaban J connectivity index is 2.48. The number of hydrogen-bond acceptors (Lipinski definition) is 2. The number of halogens is 3. The van der Waals surface area contributed by atoms with E-state index in [1.54, 1.807) is 0 Å². The first-order chi connectivity index (χ1) is 4.55. The fourth-order valence-electron chi connectivity index (χ4n) is 0.693. The molecule has 60 valence electrons. The van der Waals surface area contributed by atoms with Crippen molar-refractivity contribution in [2.75, 3.05) is 6.61 Å². The smallest absolute Gasteiger partial charge is 0.328 e. The van der Waals surface area contributed by atoms with E-state index < -0.39 is 18.4 Å². The maximum Gasteiger partial charge on any atom is 0.328 e. The van der Waals surface area contributed by atoms with E-state index in [2.05, 4.69) is 4.74 Å². The summed E-state index contributed by atoms with van der Waals surface area (Å²) in [7, 11) is 0. The number of aliphatic hydroxyl groups excluding tert-OH is 1. The average molecular weight is 156 g/mol. The number of rotatable bonds is 2. The van der Waals surface area contributed by atoms with Crippen LogP contribution in [0.3, 0.4) is 0 Å². The highest BCUT2D eigenvalue weighted by molar-refractivity contribution is 4.84. The summed E-state index contributed by atoms with van der Waals surface area (Å²) in [6, 6.07) is 0. The van der Waals surface area contributed by atoms with Crippen LogP contribution in [0.2, 0.25) is 0 Å². The van der Waals surface area contributed by atoms with Crippen LogP contribution in [0.4, 0.5) is 13.2 Å². The zero-order chi connectivity index (χ0) is 7.78. The van der Waals surface area contributed by atoms with Crippen LogP contribution in [0, 0.1) is 0 Å². The third-order valence-electron chi connectivity index (χ3n) is 1.45. The van der Waals surface area contributed by atoms with E-state index in [1.165, 1.54) is 0 Å². The average Bonchev–Trinajstić information content (AvgIpc) is 1.57. The minimum absolute atomic E-state index is 0.105. The fourth-order valence-corrected chi connectivity index (χ4v) is 0.693. The van der Waals surface area contributed by atoms with Crippen molar-refractivity contribution in [3.63, 3.8) is 0 Å². The first-order valence-electron chi connectivity index (χ1n) is 2.86. The Morgan fingerprint density at radius 3 is 2.20 bits per heavy atom. The molecule has 1 rings (SSSR count). The van der Waals surface area contributed by atoms with Crippen LogP contribution >= 0.6 is 0 Å². The van der Waals surface area contributed by atoms with Gasteiger partial charge in [0.2, 0.25) is 0 Å². The van der Waals surface area contributed by atoms with Gasteiger partial charge in [0, 0.05) is 13.0 Å². The van der Waals surface area contributed by atoms with E-state index in [-0.39, 0.29) is 13.0 Å². The van der Waals surface area contributed by atoms with Gasteiger partial charge in [-0.1, -0.05) is 0 Å². The second-order valence-electron chi connectivity index (χ2n) is 2.16. The van der Waals surface area contributed by atoms with Crippen LogP contribution in [0.15, 0.2) is 0 Å². The second kappa shape index (κ2) is 2.39. The lowest BCUT2D eigenvalue weighted by molar-refractivity contribution is -0.263. The van der Waals surface area contributed by atoms with E-state index >= 15 is 0 Å². The molecule has 10 heavy (non-hydrogen) atoms. The summed E-state index contributed by atoms with van der Waals surface area (Å²) in [5.41, 5.74) is 0. The molecule has 0 aromatic carbocycles. The van der Waals surface area contributed by atoms with Gasteiger partial charge >= 0.3 is 5.92 Å². The molecule has 0 aromatic heterocycles. The quantitative estimate of drug-likeness (QED) is 0.637. The molecule has 0 bridgehead atoms. The molecule has 1 N–H and O–H groups in total. The van der Waals surface area contributed by atoms with Gasteiger partial charge in [-0.3, -0.25) is 0 Å². The van der Waals surface area contributed by atoms with Crippen molar-refractivity contribution in [3.8, 4) is 0 Å². The largest absolute Gasteiger partial charge is 0.372 e. The molecule has 5 heteroatoms. The van der Waals surface area contributed by atoms with Crippen LogP contribution in [0.1, 0.15) is 6.42 Å². The van der Waals surface area contributed by atoms with Gasteiger partial charge < -0.3 is 9.84 Å². The molecule has 1 aliphatic heterocycles. The van der Waals surface area contributed by atoms with Gasteiger partial charge in [-0.2, -0.15) is 8.78 Å². The molecule has 2 atom stereocenters. The second-order valence-corrected chi connectivity index (χ2v) is 2.16. The summed E-state index contributed by atoms with van der Waals surface area (Å²) in [5, 5.41) is 7.92. The number of hydrogen-bond donors (Lipinski definition) is 1. The molecule has 1 fully saturated rings. The van der Waals surface area contributed by atoms with E-state index in [0.717, 1.165) is 0 Å². The van der Waals surface area contributed by atoms with E-state index in [1.807, 2.05) is 0 Å². The number of aliphatic hydroxyl groups is 1. The minimum Gasteiger partial charge on any atom is -0.372 e. The zero-order valence-electron chi connectivity index (χ0n) is 5.06. The van der Waals surface area contributed by atoms with E-state index in [9.17, 15) is 13.2 Å². The lowest BCUT2D eigenvalue weighted by Crippen LogP contribution is -2.49. The molecular formula is C5H7F3O2. The molecular weight excluding hydrogens is 149 g/mol. The van der Waals surface area contributed by atoms with Crippen LogP contribution in [-0.4, -0.2) is 30.1 Å². The number of alkyl halides is 3. The van der Waals surface area contributed by atoms with Crippen LogP contribution in [0.5, 0.6) is 0 Å². The molecule has 0 aromatic rings. The van der Waals surface area contributed by atoms with Crippen molar-refractivity contribution >= 4 is 0 Å². The molecule has 0 aliphatic carbocycles. The summed E-state index contributed by atoms with van der Waals surface area (Å²) in [4.78, 5) is 0. The summed E-state index contributed by atoms with van der Waals surface area (Å²) in [6.45, 7) is 0.215. The van der Waals surface area contributed by atoms with Crippen molar-refractivity contribution in [2.24, 2.45) is 0 Å². The molecule has 0 spiro atoms. The monoisotopic (exact) mass is 156 g/mol. The van der Waals surface area contributed by atoms with Gasteiger partial charge in [0.15, 0.2) is 0 Å². The maximum absolute atomic E-state index is 12.2. The Kier molecular flexibility index (Phi) is 1.87. The van der Waals surface area contributed by atoms with Crippen LogP contribution in [0.25, 0.3) is 0 Å². The van der Waals surface area contributed by atoms with Crippen molar-refractivity contribution in [3.05, 3.63) is 0 Å². The highest BCUT2D eigenvalue weighted by Crippen LogP contribution is 2.32. The minimum atomic E-state index is -3.74. The van der Waals surface area contributed by atoms with E-state index in [4.69, 9.17) is 5.11 Å². The highest BCUT2D eigenvalue weighted by atomic mass is 19.3. The molecule has 0 amide bonds. The Morgan fingerprint density at radius 1 is 1.60 bits per heavy atom. The van der Waals surface area contributed by atoms with Gasteiger partial charge in [0.1, 0.15) is 6.10 Å². The summed E-state index contributed by atoms with van der Waals surface area (Å²) >= 11 is 0. The summed E-state index contributed by atoms with van der Waals surface area (Å²) < 4.78 is 40.5. The molecule has 1 heterocycles. The standard InChI is InChI=1S/C5H7F3O2/c6-4(9)5(7,8)3-1-2-10-3/h3-4,9H,1-2H2. The van der Waals surface area contributed by atoms with Gasteiger partial charge in [-0.15, -0.1) is 0 Å². The van der Waals surface area contributed by atoms with Gasteiger partial charge in [0.25, 0.3) is 6.36 Å². The molecule has 2 nitrogen and oxygen atoms in total. The van der Waals surface area contributed by atoms with Crippen molar-refractivity contribution in [1.82, 2.24) is 0 Å². The Hall–Kier alpha value is -0.290. The van der Waals surface area contributed by atoms with Crippen molar-refractivity contribution in [1.29, 1.82) is 0 Å². The maximum atomic E-state index is 12.2. The third kappa shape index (κ3) is 1.11. The zero-order valence-corrected chi connectivity index (χ0v) is 5.06. The normalized spacial score (nSPS) is 29.4. The SMILES string of the molecule is OC(F)C(F)(F)C1CCO1. The predicted octanol–water partition coefficient (Wildman–Crippen LogP) is 0.698. The molecule has 2 unspecified atom stereocenters. The van der Waals surface area contributed by atoms with Gasteiger partial charge in [-0.05, 0) is 0 Å². The summed E-state index contributed by atoms with van der Waals surface area (Å²) in [6.07, 6.45) is -4.45. The van der Waals surface area contributed by atoms with Gasteiger partial charge in [-0.25, -0.2) is 4.39 Å². The lowest BCUT2D eigenvalue weighted by Gasteiger charge is -2.33. The summed E-state index contributed by atoms with van der Waals surface area (Å²) in [5.74, 6) is -3.74. The van der Waals surface area contributed by atoms with Crippen LogP contribution in [-0.2, 0) is 4.74 Å². The Bertz CT molecular complexity index is 122. The fraction of sp³-hybridized carbons (Fsp3) is 1.00. The highest BCUT2D eigenvalue weighted by Gasteiger charge is 2.51. The topological polar surface area (TPSA) is 29.5 Å². The third-order valence-corrected chi connectivity index (χ3v) is 1.45. The van der Waals surface area contributed by atoms with Crippen molar-refractivity contribution in [2.45, 2.75) is 24.8 Å². The van der Waals surface area contributed by atoms with Gasteiger partial charge in [0.05, 0.1) is 0 Å². The first kappa shape index (κ1) is 7.81. The van der Waals surface area contributed by atoms with Crippen molar-refractivity contribution < 1.29 is 23.0 Å². The molecule has 0 saturated carbocycles. The molecule has 1 saturated heterocycles. The van der Waals surface area contributed by atoms with E-state index in [0.29, 0.717) is 0 Å². The lowest BCUT2D eigenvalue weighted by atomic mass is 10.1.